The van der Waals surface area contributed by atoms with Gasteiger partial charge in [-0.05, 0) is 42.3 Å². The van der Waals surface area contributed by atoms with Gasteiger partial charge < -0.3 is 5.32 Å². The number of fused-ring (bicyclic) bond motifs is 1. The highest BCUT2D eigenvalue weighted by Crippen LogP contribution is 2.39. The zero-order valence-electron chi connectivity index (χ0n) is 15.2. The average molecular weight is 470 g/mol. The number of hydrogen-bond acceptors (Lipinski definition) is 5. The van der Waals surface area contributed by atoms with E-state index in [2.05, 4.69) is 51.5 Å². The first-order chi connectivity index (χ1) is 13.0. The van der Waals surface area contributed by atoms with Crippen LogP contribution in [-0.2, 0) is 16.4 Å². The van der Waals surface area contributed by atoms with Crippen LogP contribution in [-0.4, -0.2) is 48.4 Å². The van der Waals surface area contributed by atoms with Crippen molar-refractivity contribution < 1.29 is 8.42 Å². The molecule has 146 valence electrons. The van der Waals surface area contributed by atoms with E-state index in [1.807, 2.05) is 6.07 Å². The molecular formula is C19H24BrN3O2S2. The third-order valence-corrected chi connectivity index (χ3v) is 9.68. The van der Waals surface area contributed by atoms with Crippen molar-refractivity contribution in [2.24, 2.45) is 0 Å². The lowest BCUT2D eigenvalue weighted by molar-refractivity contribution is 0.124. The number of sulfonamides is 1. The van der Waals surface area contributed by atoms with Crippen molar-refractivity contribution in [1.29, 1.82) is 0 Å². The highest BCUT2D eigenvalue weighted by Gasteiger charge is 2.38. The summed E-state index contributed by atoms with van der Waals surface area (Å²) in [6.07, 6.45) is 1.52. The second kappa shape index (κ2) is 7.93. The van der Waals surface area contributed by atoms with Crippen molar-refractivity contribution in [3.63, 3.8) is 0 Å². The zero-order chi connectivity index (χ0) is 19.0. The van der Waals surface area contributed by atoms with Gasteiger partial charge >= 0.3 is 0 Å². The molecule has 0 spiro atoms. The van der Waals surface area contributed by atoms with Gasteiger partial charge in [0.15, 0.2) is 0 Å². The molecule has 1 fully saturated rings. The standard InChI is InChI=1S/C19H24BrN3O2S2/c1-14-12-22(8-7-21-14)19-11-16(10-15-4-2-3-5-18(15)19)23(20)27(24,25)17-6-9-26-13-17/h2-6,9,13-14,16,19,21H,7-8,10-12H2,1H3/t14-,16-,19-/m1/s1. The van der Waals surface area contributed by atoms with E-state index in [9.17, 15) is 8.42 Å². The van der Waals surface area contributed by atoms with Gasteiger partial charge in [0.05, 0.1) is 4.90 Å². The second-order valence-electron chi connectivity index (χ2n) is 7.36. The van der Waals surface area contributed by atoms with E-state index in [-0.39, 0.29) is 12.1 Å². The first kappa shape index (κ1) is 19.5. The molecule has 1 aromatic carbocycles. The lowest BCUT2D eigenvalue weighted by atomic mass is 9.83. The molecule has 0 saturated carbocycles. The Bertz CT molecular complexity index is 888. The number of halogens is 1. The van der Waals surface area contributed by atoms with Gasteiger partial charge in [0.25, 0.3) is 10.0 Å². The number of piperazine rings is 1. The van der Waals surface area contributed by atoms with E-state index in [0.717, 1.165) is 32.5 Å². The lowest BCUT2D eigenvalue weighted by Crippen LogP contribution is -2.52. The van der Waals surface area contributed by atoms with Crippen molar-refractivity contribution in [1.82, 2.24) is 13.5 Å². The fourth-order valence-electron chi connectivity index (χ4n) is 4.21. The van der Waals surface area contributed by atoms with Crippen LogP contribution in [0.25, 0.3) is 0 Å². The molecule has 2 aromatic rings. The molecule has 1 N–H and O–H groups in total. The molecule has 0 amide bonds. The van der Waals surface area contributed by atoms with Crippen LogP contribution in [0.1, 0.15) is 30.5 Å². The quantitative estimate of drug-likeness (QED) is 0.697. The SMILES string of the molecule is C[C@@H]1CN([C@@H]2C[C@H](N(Br)S(=O)(=O)c3ccsc3)Cc3ccccc32)CCN1. The molecule has 2 heterocycles. The largest absolute Gasteiger partial charge is 0.312 e. The van der Waals surface area contributed by atoms with E-state index < -0.39 is 10.0 Å². The molecule has 1 aliphatic heterocycles. The Morgan fingerprint density at radius 1 is 1.30 bits per heavy atom. The normalized spacial score (nSPS) is 26.9. The highest BCUT2D eigenvalue weighted by atomic mass is 79.9. The minimum atomic E-state index is -3.53. The molecule has 8 heteroatoms. The first-order valence-electron chi connectivity index (χ1n) is 9.24. The van der Waals surface area contributed by atoms with Crippen LogP contribution in [0.3, 0.4) is 0 Å². The Kier molecular flexibility index (Phi) is 5.74. The van der Waals surface area contributed by atoms with Crippen molar-refractivity contribution in [3.05, 3.63) is 52.2 Å². The fourth-order valence-corrected chi connectivity index (χ4v) is 7.27. The Hall–Kier alpha value is -0.770. The topological polar surface area (TPSA) is 52.7 Å². The molecular weight excluding hydrogens is 446 g/mol. The predicted octanol–water partition coefficient (Wildman–Crippen LogP) is 3.40. The summed E-state index contributed by atoms with van der Waals surface area (Å²) >= 11 is 4.82. The number of rotatable bonds is 4. The van der Waals surface area contributed by atoms with Crippen LogP contribution in [0.4, 0.5) is 0 Å². The number of thiophene rings is 1. The van der Waals surface area contributed by atoms with Crippen LogP contribution in [0.2, 0.25) is 0 Å². The maximum Gasteiger partial charge on any atom is 0.253 e. The summed E-state index contributed by atoms with van der Waals surface area (Å²) in [6.45, 7) is 5.13. The summed E-state index contributed by atoms with van der Waals surface area (Å²) in [4.78, 5) is 2.86. The summed E-state index contributed by atoms with van der Waals surface area (Å²) in [6, 6.07) is 10.7. The van der Waals surface area contributed by atoms with Gasteiger partial charge in [-0.2, -0.15) is 11.3 Å². The fraction of sp³-hybridized carbons (Fsp3) is 0.474. The molecule has 0 unspecified atom stereocenters. The summed E-state index contributed by atoms with van der Waals surface area (Å²) in [5.74, 6) is 0. The number of nitrogens with one attached hydrogen (secondary N) is 1. The molecule has 3 atom stereocenters. The smallest absolute Gasteiger partial charge is 0.253 e. The lowest BCUT2D eigenvalue weighted by Gasteiger charge is -2.43. The minimum Gasteiger partial charge on any atom is -0.312 e. The summed E-state index contributed by atoms with van der Waals surface area (Å²) in [5, 5.41) is 6.99. The van der Waals surface area contributed by atoms with Crippen LogP contribution in [0, 0.1) is 0 Å². The zero-order valence-corrected chi connectivity index (χ0v) is 18.4. The van der Waals surface area contributed by atoms with Gasteiger partial charge in [-0.3, -0.25) is 4.90 Å². The molecule has 2 aliphatic rings. The summed E-state index contributed by atoms with van der Waals surface area (Å²) in [5.41, 5.74) is 2.59. The third kappa shape index (κ3) is 3.88. The van der Waals surface area contributed by atoms with E-state index >= 15 is 0 Å². The van der Waals surface area contributed by atoms with E-state index in [0.29, 0.717) is 10.9 Å². The maximum atomic E-state index is 13.0. The van der Waals surface area contributed by atoms with E-state index in [4.69, 9.17) is 0 Å². The van der Waals surface area contributed by atoms with Crippen molar-refractivity contribution in [3.8, 4) is 0 Å². The number of hydrogen-bond donors (Lipinski definition) is 1. The summed E-state index contributed by atoms with van der Waals surface area (Å²) < 4.78 is 27.4. The second-order valence-corrected chi connectivity index (χ2v) is 11.2. The van der Waals surface area contributed by atoms with Gasteiger partial charge in [-0.1, -0.05) is 24.3 Å². The van der Waals surface area contributed by atoms with E-state index in [1.165, 1.54) is 25.8 Å². The van der Waals surface area contributed by atoms with Gasteiger partial charge in [0, 0.05) is 59.3 Å². The van der Waals surface area contributed by atoms with Crippen LogP contribution in [0.15, 0.2) is 46.0 Å². The van der Waals surface area contributed by atoms with E-state index in [1.54, 1.807) is 16.8 Å². The highest BCUT2D eigenvalue weighted by molar-refractivity contribution is 9.08. The monoisotopic (exact) mass is 469 g/mol. The maximum absolute atomic E-state index is 13.0. The van der Waals surface area contributed by atoms with Crippen LogP contribution < -0.4 is 5.32 Å². The molecule has 5 nitrogen and oxygen atoms in total. The molecule has 0 bridgehead atoms. The Morgan fingerprint density at radius 3 is 2.85 bits per heavy atom. The van der Waals surface area contributed by atoms with Crippen LogP contribution in [0.5, 0.6) is 0 Å². The average Bonchev–Trinajstić information content (AvgIpc) is 3.22. The Morgan fingerprint density at radius 2 is 2.11 bits per heavy atom. The summed E-state index contributed by atoms with van der Waals surface area (Å²) in [7, 11) is -3.53. The first-order valence-corrected chi connectivity index (χ1v) is 12.3. The molecule has 1 aliphatic carbocycles. The van der Waals surface area contributed by atoms with Crippen LogP contribution >= 0.6 is 27.5 Å². The van der Waals surface area contributed by atoms with Crippen molar-refractivity contribution in [2.75, 3.05) is 19.6 Å². The molecule has 4 rings (SSSR count). The molecule has 1 saturated heterocycles. The van der Waals surface area contributed by atoms with Gasteiger partial charge in [-0.25, -0.2) is 8.42 Å². The van der Waals surface area contributed by atoms with Gasteiger partial charge in [0.1, 0.15) is 0 Å². The molecule has 1 aromatic heterocycles. The van der Waals surface area contributed by atoms with Crippen molar-refractivity contribution >= 4 is 37.5 Å². The third-order valence-electron chi connectivity index (χ3n) is 5.52. The Balaban J connectivity index is 1.64. The molecule has 0 radical (unpaired) electrons. The minimum absolute atomic E-state index is 0.111. The number of benzene rings is 1. The van der Waals surface area contributed by atoms with Crippen molar-refractivity contribution in [2.45, 2.75) is 42.8 Å². The predicted molar refractivity (Wildman–Crippen MR) is 113 cm³/mol. The number of nitrogens with zero attached hydrogens (tertiary/aromatic N) is 2. The molecule has 27 heavy (non-hydrogen) atoms. The Labute approximate surface area is 173 Å². The van der Waals surface area contributed by atoms with Gasteiger partial charge in [-0.15, -0.1) is 3.33 Å². The van der Waals surface area contributed by atoms with Gasteiger partial charge in [0.2, 0.25) is 0 Å².